The lowest BCUT2D eigenvalue weighted by Crippen LogP contribution is -1.95. The minimum Gasteiger partial charge on any atom is -0.207 e. The Labute approximate surface area is 109 Å². The summed E-state index contributed by atoms with van der Waals surface area (Å²) in [5.41, 5.74) is 3.32. The van der Waals surface area contributed by atoms with Gasteiger partial charge in [0, 0.05) is 12.1 Å². The first kappa shape index (κ1) is 12.0. The maximum absolute atomic E-state index is 13.9. The Bertz CT molecular complexity index is 676. The molecule has 0 nitrogen and oxygen atoms in total. The van der Waals surface area contributed by atoms with Crippen molar-refractivity contribution in [3.8, 4) is 11.1 Å². The Hall–Kier alpha value is -2.03. The first-order valence-corrected chi connectivity index (χ1v) is 6.00. The summed E-state index contributed by atoms with van der Waals surface area (Å²) in [5, 5.41) is 0. The minimum absolute atomic E-state index is 0.163. The Morgan fingerprint density at radius 3 is 2.37 bits per heavy atom. The zero-order valence-electron chi connectivity index (χ0n) is 10.3. The number of halogens is 3. The molecule has 0 atom stereocenters. The molecule has 0 bridgehead atoms. The van der Waals surface area contributed by atoms with E-state index in [1.54, 1.807) is 12.1 Å². The van der Waals surface area contributed by atoms with Crippen LogP contribution >= 0.6 is 0 Å². The fourth-order valence-corrected chi connectivity index (χ4v) is 2.55. The molecule has 2 aromatic carbocycles. The second kappa shape index (κ2) is 4.26. The summed E-state index contributed by atoms with van der Waals surface area (Å²) in [6, 6.07) is 6.79. The molecule has 19 heavy (non-hydrogen) atoms. The zero-order valence-corrected chi connectivity index (χ0v) is 10.3. The van der Waals surface area contributed by atoms with Crippen LogP contribution in [0.15, 0.2) is 35.9 Å². The Kier molecular flexibility index (Phi) is 2.70. The summed E-state index contributed by atoms with van der Waals surface area (Å²) in [7, 11) is 0. The van der Waals surface area contributed by atoms with Crippen LogP contribution in [-0.2, 0) is 6.42 Å². The van der Waals surface area contributed by atoms with Gasteiger partial charge in [-0.1, -0.05) is 29.8 Å². The summed E-state index contributed by atoms with van der Waals surface area (Å²) < 4.78 is 40.7. The van der Waals surface area contributed by atoms with Crippen LogP contribution in [0.4, 0.5) is 13.2 Å². The second-order valence-electron chi connectivity index (χ2n) is 4.79. The molecule has 1 aliphatic rings. The van der Waals surface area contributed by atoms with E-state index in [2.05, 4.69) is 0 Å². The molecule has 0 aliphatic heterocycles. The molecule has 0 saturated heterocycles. The number of hydrogen-bond donors (Lipinski definition) is 0. The molecular formula is C16H11F3. The van der Waals surface area contributed by atoms with Crippen molar-refractivity contribution in [2.24, 2.45) is 0 Å². The first-order chi connectivity index (χ1) is 9.06. The van der Waals surface area contributed by atoms with Gasteiger partial charge in [0.15, 0.2) is 0 Å². The maximum Gasteiger partial charge on any atom is 0.136 e. The van der Waals surface area contributed by atoms with Crippen molar-refractivity contribution < 1.29 is 13.2 Å². The lowest BCUT2D eigenvalue weighted by Gasteiger charge is -2.10. The van der Waals surface area contributed by atoms with Crippen molar-refractivity contribution in [2.45, 2.75) is 13.3 Å². The van der Waals surface area contributed by atoms with Gasteiger partial charge in [0.05, 0.1) is 5.56 Å². The van der Waals surface area contributed by atoms with Gasteiger partial charge in [-0.3, -0.25) is 0 Å². The quantitative estimate of drug-likeness (QED) is 0.695. The van der Waals surface area contributed by atoms with Gasteiger partial charge in [0.1, 0.15) is 17.5 Å². The fraction of sp³-hybridized carbons (Fsp3) is 0.125. The highest BCUT2D eigenvalue weighted by Crippen LogP contribution is 2.36. The molecule has 0 radical (unpaired) electrons. The monoisotopic (exact) mass is 260 g/mol. The highest BCUT2D eigenvalue weighted by atomic mass is 19.1. The average Bonchev–Trinajstić information content (AvgIpc) is 2.68. The molecule has 0 saturated carbocycles. The smallest absolute Gasteiger partial charge is 0.136 e. The van der Waals surface area contributed by atoms with Crippen molar-refractivity contribution in [1.82, 2.24) is 0 Å². The molecule has 0 aromatic heterocycles. The van der Waals surface area contributed by atoms with Gasteiger partial charge < -0.3 is 0 Å². The van der Waals surface area contributed by atoms with Crippen LogP contribution in [0.3, 0.4) is 0 Å². The van der Waals surface area contributed by atoms with Gasteiger partial charge in [-0.25, -0.2) is 13.2 Å². The third-order valence-corrected chi connectivity index (χ3v) is 3.33. The first-order valence-electron chi connectivity index (χ1n) is 6.00. The van der Waals surface area contributed by atoms with E-state index in [9.17, 15) is 13.2 Å². The molecule has 2 aromatic rings. The number of hydrogen-bond acceptors (Lipinski definition) is 0. The van der Waals surface area contributed by atoms with Crippen molar-refractivity contribution in [3.63, 3.8) is 0 Å². The molecule has 0 amide bonds. The lowest BCUT2D eigenvalue weighted by molar-refractivity contribution is 0.548. The van der Waals surface area contributed by atoms with E-state index in [1.165, 1.54) is 0 Å². The molecule has 96 valence electrons. The fourth-order valence-electron chi connectivity index (χ4n) is 2.55. The molecular weight excluding hydrogens is 249 g/mol. The van der Waals surface area contributed by atoms with E-state index < -0.39 is 17.5 Å². The van der Waals surface area contributed by atoms with Gasteiger partial charge in [-0.05, 0) is 30.0 Å². The Morgan fingerprint density at radius 1 is 1.00 bits per heavy atom. The normalized spacial score (nSPS) is 13.4. The number of benzene rings is 2. The van der Waals surface area contributed by atoms with Crippen molar-refractivity contribution >= 4 is 6.08 Å². The highest BCUT2D eigenvalue weighted by Gasteiger charge is 2.20. The van der Waals surface area contributed by atoms with Crippen LogP contribution in [0, 0.1) is 17.5 Å². The molecule has 0 unspecified atom stereocenters. The van der Waals surface area contributed by atoms with Crippen LogP contribution in [0.2, 0.25) is 0 Å². The second-order valence-corrected chi connectivity index (χ2v) is 4.79. The molecule has 0 spiro atoms. The summed E-state index contributed by atoms with van der Waals surface area (Å²) >= 11 is 0. The predicted molar refractivity (Wildman–Crippen MR) is 69.1 cm³/mol. The Morgan fingerprint density at radius 2 is 1.68 bits per heavy atom. The van der Waals surface area contributed by atoms with Crippen LogP contribution in [-0.4, -0.2) is 0 Å². The van der Waals surface area contributed by atoms with E-state index >= 15 is 0 Å². The summed E-state index contributed by atoms with van der Waals surface area (Å²) in [6.45, 7) is 1.97. The number of fused-ring (bicyclic) bond motifs is 1. The van der Waals surface area contributed by atoms with E-state index in [0.717, 1.165) is 23.1 Å². The van der Waals surface area contributed by atoms with Gasteiger partial charge >= 0.3 is 0 Å². The summed E-state index contributed by atoms with van der Waals surface area (Å²) in [4.78, 5) is 0. The average molecular weight is 260 g/mol. The largest absolute Gasteiger partial charge is 0.207 e. The lowest BCUT2D eigenvalue weighted by atomic mass is 9.96. The minimum atomic E-state index is -0.905. The van der Waals surface area contributed by atoms with E-state index in [-0.39, 0.29) is 5.56 Å². The van der Waals surface area contributed by atoms with Crippen molar-refractivity contribution in [3.05, 3.63) is 64.5 Å². The molecule has 1 aliphatic carbocycles. The third kappa shape index (κ3) is 1.95. The molecule has 0 fully saturated rings. The predicted octanol–water partition coefficient (Wildman–Crippen LogP) is 4.73. The van der Waals surface area contributed by atoms with E-state index in [1.807, 2.05) is 19.1 Å². The molecule has 3 rings (SSSR count). The Balaban J connectivity index is 2.28. The van der Waals surface area contributed by atoms with E-state index in [4.69, 9.17) is 0 Å². The standard InChI is InChI=1S/C16H11F3/c1-9-5-10-3-2-4-12(13(10)6-9)16-14(18)7-11(17)8-15(16)19/h2-4,6-8H,5H2,1H3. The highest BCUT2D eigenvalue weighted by molar-refractivity contribution is 5.81. The maximum atomic E-state index is 13.9. The van der Waals surface area contributed by atoms with Gasteiger partial charge in [-0.15, -0.1) is 0 Å². The molecule has 0 heterocycles. The van der Waals surface area contributed by atoms with Crippen LogP contribution in [0.1, 0.15) is 18.1 Å². The van der Waals surface area contributed by atoms with Crippen LogP contribution < -0.4 is 0 Å². The van der Waals surface area contributed by atoms with Crippen LogP contribution in [0.5, 0.6) is 0 Å². The topological polar surface area (TPSA) is 0 Å². The van der Waals surface area contributed by atoms with Gasteiger partial charge in [-0.2, -0.15) is 0 Å². The third-order valence-electron chi connectivity index (χ3n) is 3.33. The molecule has 0 N–H and O–H groups in total. The molecule has 3 heteroatoms. The number of allylic oxidation sites excluding steroid dienone is 1. The SMILES string of the molecule is CC1=Cc2c(cccc2-c2c(F)cc(F)cc2F)C1. The van der Waals surface area contributed by atoms with Gasteiger partial charge in [0.25, 0.3) is 0 Å². The van der Waals surface area contributed by atoms with Crippen LogP contribution in [0.25, 0.3) is 17.2 Å². The van der Waals surface area contributed by atoms with Crippen molar-refractivity contribution in [1.29, 1.82) is 0 Å². The zero-order chi connectivity index (χ0) is 13.6. The van der Waals surface area contributed by atoms with E-state index in [0.29, 0.717) is 17.7 Å². The summed E-state index contributed by atoms with van der Waals surface area (Å²) in [6.07, 6.45) is 2.71. The summed E-state index contributed by atoms with van der Waals surface area (Å²) in [5.74, 6) is -2.65. The number of rotatable bonds is 1. The van der Waals surface area contributed by atoms with Gasteiger partial charge in [0.2, 0.25) is 0 Å². The van der Waals surface area contributed by atoms with Crippen molar-refractivity contribution in [2.75, 3.05) is 0 Å².